The Labute approximate surface area is 300 Å². The van der Waals surface area contributed by atoms with E-state index in [9.17, 15) is 19.8 Å². The molecule has 2 atom stereocenters. The number of rotatable bonds is 14. The van der Waals surface area contributed by atoms with Gasteiger partial charge in [-0.2, -0.15) is 4.58 Å². The van der Waals surface area contributed by atoms with E-state index in [2.05, 4.69) is 120 Å². The molecule has 4 aromatic rings. The molecule has 0 aliphatic carbocycles. The number of aliphatic carboxylic acids is 2. The minimum atomic E-state index is -0.821. The van der Waals surface area contributed by atoms with Crippen LogP contribution in [0.1, 0.15) is 48.9 Å². The van der Waals surface area contributed by atoms with Crippen molar-refractivity contribution < 1.29 is 24.4 Å². The number of nitrogens with zero attached hydrogens (tertiary/aromatic N) is 2. The molecule has 0 saturated carbocycles. The quantitative estimate of drug-likeness (QED) is 0.103. The molecule has 6 rings (SSSR count). The van der Waals surface area contributed by atoms with Gasteiger partial charge in [-0.25, -0.2) is 0 Å². The van der Waals surface area contributed by atoms with Crippen molar-refractivity contribution in [2.45, 2.75) is 50.4 Å². The monoisotopic (exact) mass is 677 g/mol. The molecule has 2 heterocycles. The zero-order valence-electron chi connectivity index (χ0n) is 29.3. The highest BCUT2D eigenvalue weighted by molar-refractivity contribution is 6.03. The van der Waals surface area contributed by atoms with Gasteiger partial charge in [0.2, 0.25) is 5.69 Å². The second-order valence-corrected chi connectivity index (χ2v) is 13.7. The SMILES string of the molecule is CC1(Cc2ccccc2)C(/C=C/C=C/C=C/C=C2/N(CCC(=O)O)c3ccccc3C2(C)Cc2ccccc2)=[N+](CCC(=O)O)c2ccccc21. The lowest BCUT2D eigenvalue weighted by molar-refractivity contribution is -0.436. The molecule has 0 amide bonds. The number of benzene rings is 4. The van der Waals surface area contributed by atoms with Crippen LogP contribution in [0.2, 0.25) is 0 Å². The van der Waals surface area contributed by atoms with E-state index in [1.165, 1.54) is 22.3 Å². The lowest BCUT2D eigenvalue weighted by Crippen LogP contribution is -2.34. The normalized spacial score (nSPS) is 20.6. The molecule has 0 fully saturated rings. The Bertz CT molecular complexity index is 2040. The number of hydrogen-bond donors (Lipinski definition) is 2. The van der Waals surface area contributed by atoms with Crippen LogP contribution in [0, 0.1) is 0 Å². The van der Waals surface area contributed by atoms with Crippen LogP contribution < -0.4 is 4.90 Å². The first kappa shape index (κ1) is 35.1. The van der Waals surface area contributed by atoms with Gasteiger partial charge in [0, 0.05) is 41.1 Å². The lowest BCUT2D eigenvalue weighted by Gasteiger charge is -2.30. The zero-order valence-corrected chi connectivity index (χ0v) is 29.3. The third kappa shape index (κ3) is 7.56. The van der Waals surface area contributed by atoms with E-state index in [0.717, 1.165) is 35.6 Å². The summed E-state index contributed by atoms with van der Waals surface area (Å²) >= 11 is 0. The number of carboxylic acids is 2. The van der Waals surface area contributed by atoms with E-state index >= 15 is 0 Å². The molecule has 6 heteroatoms. The standard InChI is InChI=1S/C45H44N2O4/c1-44(32-34-18-8-6-9-19-34)36-22-14-16-24-38(36)46(30-28-42(48)49)40(44)26-12-4-3-5-13-27-41-45(2,33-35-20-10-7-11-21-35)37-23-15-17-25-39(37)47(41)31-29-43(50)51/h3-27H,28-33H2,1-2H3,(H-,48,49,50,51)/p+1. The fourth-order valence-corrected chi connectivity index (χ4v) is 7.79. The van der Waals surface area contributed by atoms with E-state index in [1.54, 1.807) is 0 Å². The number of carbonyl (C=O) groups is 2. The molecule has 2 unspecified atom stereocenters. The maximum atomic E-state index is 11.7. The highest BCUT2D eigenvalue weighted by Gasteiger charge is 2.47. The Morgan fingerprint density at radius 3 is 1.86 bits per heavy atom. The highest BCUT2D eigenvalue weighted by atomic mass is 16.4. The van der Waals surface area contributed by atoms with Crippen LogP contribution in [0.4, 0.5) is 11.4 Å². The summed E-state index contributed by atoms with van der Waals surface area (Å²) in [7, 11) is 0. The zero-order chi connectivity index (χ0) is 35.8. The molecule has 6 nitrogen and oxygen atoms in total. The molecule has 258 valence electrons. The molecular formula is C45H45N2O4+. The van der Waals surface area contributed by atoms with Crippen molar-refractivity contribution in [2.75, 3.05) is 18.0 Å². The molecule has 51 heavy (non-hydrogen) atoms. The molecule has 0 spiro atoms. The van der Waals surface area contributed by atoms with Crippen LogP contribution in [0.25, 0.3) is 0 Å². The lowest BCUT2D eigenvalue weighted by atomic mass is 9.74. The van der Waals surface area contributed by atoms with Crippen molar-refractivity contribution in [2.24, 2.45) is 0 Å². The molecule has 0 aromatic heterocycles. The van der Waals surface area contributed by atoms with Gasteiger partial charge in [-0.1, -0.05) is 127 Å². The molecule has 0 bridgehead atoms. The van der Waals surface area contributed by atoms with Crippen molar-refractivity contribution in [3.8, 4) is 0 Å². The number of hydrogen-bond acceptors (Lipinski definition) is 3. The number of anilines is 1. The van der Waals surface area contributed by atoms with Gasteiger partial charge in [-0.3, -0.25) is 9.59 Å². The molecular weight excluding hydrogens is 633 g/mol. The van der Waals surface area contributed by atoms with E-state index in [0.29, 0.717) is 13.1 Å². The number of para-hydroxylation sites is 2. The van der Waals surface area contributed by atoms with E-state index in [4.69, 9.17) is 0 Å². The Hall–Kier alpha value is -5.75. The first-order valence-electron chi connectivity index (χ1n) is 17.6. The summed E-state index contributed by atoms with van der Waals surface area (Å²) in [5.74, 6) is -1.64. The van der Waals surface area contributed by atoms with Crippen LogP contribution in [0.5, 0.6) is 0 Å². The van der Waals surface area contributed by atoms with Gasteiger partial charge in [0.05, 0.1) is 11.8 Å². The fourth-order valence-electron chi connectivity index (χ4n) is 7.79. The summed E-state index contributed by atoms with van der Waals surface area (Å²) < 4.78 is 2.16. The average molecular weight is 678 g/mol. The van der Waals surface area contributed by atoms with Gasteiger partial charge in [0.25, 0.3) is 0 Å². The van der Waals surface area contributed by atoms with E-state index in [-0.39, 0.29) is 23.7 Å². The average Bonchev–Trinajstić information content (AvgIpc) is 3.50. The molecule has 2 aliphatic heterocycles. The molecule has 2 N–H and O–H groups in total. The maximum absolute atomic E-state index is 11.7. The summed E-state index contributed by atoms with van der Waals surface area (Å²) in [4.78, 5) is 25.5. The topological polar surface area (TPSA) is 80.9 Å². The van der Waals surface area contributed by atoms with Crippen molar-refractivity contribution in [3.05, 3.63) is 180 Å². The second-order valence-electron chi connectivity index (χ2n) is 13.7. The molecule has 4 aromatic carbocycles. The van der Waals surface area contributed by atoms with Crippen LogP contribution in [-0.2, 0) is 33.3 Å². The Morgan fingerprint density at radius 1 is 0.647 bits per heavy atom. The first-order chi connectivity index (χ1) is 24.7. The van der Waals surface area contributed by atoms with Crippen molar-refractivity contribution in [1.82, 2.24) is 0 Å². The van der Waals surface area contributed by atoms with Gasteiger partial charge < -0.3 is 15.1 Å². The van der Waals surface area contributed by atoms with Crippen LogP contribution >= 0.6 is 0 Å². The predicted molar refractivity (Wildman–Crippen MR) is 205 cm³/mol. The Kier molecular flexibility index (Phi) is 10.6. The van der Waals surface area contributed by atoms with Crippen LogP contribution in [-0.4, -0.2) is 45.5 Å². The van der Waals surface area contributed by atoms with Crippen molar-refractivity contribution in [3.63, 3.8) is 0 Å². The summed E-state index contributed by atoms with van der Waals surface area (Å²) in [5.41, 5.74) is 8.37. The third-order valence-corrected chi connectivity index (χ3v) is 10.1. The fraction of sp³-hybridized carbons (Fsp3) is 0.222. The summed E-state index contributed by atoms with van der Waals surface area (Å²) in [6, 6.07) is 37.5. The van der Waals surface area contributed by atoms with Gasteiger partial charge in [0.15, 0.2) is 12.3 Å². The summed E-state index contributed by atoms with van der Waals surface area (Å²) in [6.45, 7) is 5.26. The number of allylic oxidation sites excluding steroid dienone is 8. The smallest absolute Gasteiger partial charge is 0.309 e. The van der Waals surface area contributed by atoms with Gasteiger partial charge >= 0.3 is 11.9 Å². The minimum absolute atomic E-state index is 0.0386. The van der Waals surface area contributed by atoms with E-state index < -0.39 is 11.9 Å². The molecule has 2 aliphatic rings. The highest BCUT2D eigenvalue weighted by Crippen LogP contribution is 2.50. The van der Waals surface area contributed by atoms with Crippen LogP contribution in [0.3, 0.4) is 0 Å². The van der Waals surface area contributed by atoms with Crippen molar-refractivity contribution >= 4 is 29.0 Å². The van der Waals surface area contributed by atoms with Crippen molar-refractivity contribution in [1.29, 1.82) is 0 Å². The van der Waals surface area contributed by atoms with Gasteiger partial charge in [0.1, 0.15) is 6.42 Å². The number of fused-ring (bicyclic) bond motifs is 2. The summed E-state index contributed by atoms with van der Waals surface area (Å²) in [5, 5.41) is 19.1. The van der Waals surface area contributed by atoms with E-state index in [1.807, 2.05) is 54.6 Å². The molecule has 0 radical (unpaired) electrons. The third-order valence-electron chi connectivity index (χ3n) is 10.1. The van der Waals surface area contributed by atoms with Gasteiger partial charge in [-0.15, -0.1) is 0 Å². The number of carboxylic acid groups (broad SMARTS) is 2. The Morgan fingerprint density at radius 2 is 1.20 bits per heavy atom. The molecule has 0 saturated heterocycles. The van der Waals surface area contributed by atoms with Gasteiger partial charge in [-0.05, 0) is 55.5 Å². The maximum Gasteiger partial charge on any atom is 0.309 e. The first-order valence-corrected chi connectivity index (χ1v) is 17.6. The van der Waals surface area contributed by atoms with Crippen LogP contribution in [0.15, 0.2) is 157 Å². The summed E-state index contributed by atoms with van der Waals surface area (Å²) in [6.07, 6.45) is 15.9. The second kappa shape index (κ2) is 15.4. The largest absolute Gasteiger partial charge is 0.481 e. The minimum Gasteiger partial charge on any atom is -0.481 e. The predicted octanol–water partition coefficient (Wildman–Crippen LogP) is 8.81. The Balaban J connectivity index is 1.30.